The molecule has 0 aliphatic heterocycles. The first-order valence-corrected chi connectivity index (χ1v) is 7.23. The lowest BCUT2D eigenvalue weighted by atomic mass is 9.87. The fraction of sp³-hybridized carbons (Fsp3) is 0.438. The zero-order valence-electron chi connectivity index (χ0n) is 12.7. The highest BCUT2D eigenvalue weighted by atomic mass is 35.5. The lowest BCUT2D eigenvalue weighted by molar-refractivity contribution is 0.425. The van der Waals surface area contributed by atoms with Gasteiger partial charge in [-0.1, -0.05) is 32.9 Å². The molecule has 2 aromatic rings. The monoisotopic (exact) mass is 292 g/mol. The number of hydrogen-bond donors (Lipinski definition) is 0. The number of nitrogens with zero attached hydrogens (tertiary/aromatic N) is 2. The molecule has 0 radical (unpaired) electrons. The van der Waals surface area contributed by atoms with Crippen LogP contribution in [-0.2, 0) is 18.3 Å². The van der Waals surface area contributed by atoms with Crippen molar-refractivity contribution in [2.24, 2.45) is 7.05 Å². The van der Waals surface area contributed by atoms with Crippen molar-refractivity contribution in [1.29, 1.82) is 0 Å². The molecule has 3 nitrogen and oxygen atoms in total. The minimum atomic E-state index is 0.0943. The first kappa shape index (κ1) is 14.9. The Morgan fingerprint density at radius 2 is 2.00 bits per heavy atom. The fourth-order valence-corrected chi connectivity index (χ4v) is 2.41. The molecule has 0 bridgehead atoms. The van der Waals surface area contributed by atoms with Crippen molar-refractivity contribution in [3.63, 3.8) is 0 Å². The van der Waals surface area contributed by atoms with Gasteiger partial charge in [0.15, 0.2) is 0 Å². The largest absolute Gasteiger partial charge is 0.439 e. The van der Waals surface area contributed by atoms with Crippen LogP contribution in [0.5, 0.6) is 11.6 Å². The van der Waals surface area contributed by atoms with Crippen LogP contribution in [-0.4, -0.2) is 9.78 Å². The summed E-state index contributed by atoms with van der Waals surface area (Å²) < 4.78 is 7.74. The number of aryl methyl sites for hydroxylation is 2. The molecule has 0 fully saturated rings. The van der Waals surface area contributed by atoms with Gasteiger partial charge in [0.2, 0.25) is 5.88 Å². The molecule has 0 amide bonds. The van der Waals surface area contributed by atoms with Crippen LogP contribution < -0.4 is 4.74 Å². The van der Waals surface area contributed by atoms with Crippen molar-refractivity contribution in [3.05, 3.63) is 41.1 Å². The minimum absolute atomic E-state index is 0.0943. The Bertz CT molecular complexity index is 611. The Morgan fingerprint density at radius 3 is 2.60 bits per heavy atom. The van der Waals surface area contributed by atoms with Gasteiger partial charge >= 0.3 is 0 Å². The number of ether oxygens (including phenoxy) is 1. The summed E-state index contributed by atoms with van der Waals surface area (Å²) in [7, 11) is 1.87. The Kier molecular flexibility index (Phi) is 4.09. The maximum absolute atomic E-state index is 6.00. The lowest BCUT2D eigenvalue weighted by Crippen LogP contribution is -2.10. The van der Waals surface area contributed by atoms with E-state index >= 15 is 0 Å². The summed E-state index contributed by atoms with van der Waals surface area (Å²) in [5.74, 6) is 1.92. The molecule has 1 aromatic carbocycles. The van der Waals surface area contributed by atoms with Crippen molar-refractivity contribution >= 4 is 11.6 Å². The molecule has 0 N–H and O–H groups in total. The van der Waals surface area contributed by atoms with E-state index in [9.17, 15) is 0 Å². The lowest BCUT2D eigenvalue weighted by Gasteiger charge is -2.19. The SMILES string of the molecule is Cc1nn(C)c(Oc2cccc(C(C)(C)C)c2)c1CCl. The van der Waals surface area contributed by atoms with Crippen molar-refractivity contribution in [1.82, 2.24) is 9.78 Å². The van der Waals surface area contributed by atoms with Crippen molar-refractivity contribution < 1.29 is 4.74 Å². The van der Waals surface area contributed by atoms with Crippen LogP contribution >= 0.6 is 11.6 Å². The number of halogens is 1. The van der Waals surface area contributed by atoms with Crippen LogP contribution in [0.15, 0.2) is 24.3 Å². The third-order valence-corrected chi connectivity index (χ3v) is 3.60. The summed E-state index contributed by atoms with van der Waals surface area (Å²) in [6.45, 7) is 8.50. The van der Waals surface area contributed by atoms with E-state index in [1.165, 1.54) is 5.56 Å². The van der Waals surface area contributed by atoms with Gasteiger partial charge in [-0.25, -0.2) is 4.68 Å². The zero-order chi connectivity index (χ0) is 14.9. The Balaban J connectivity index is 2.36. The number of hydrogen-bond acceptors (Lipinski definition) is 2. The number of rotatable bonds is 3. The maximum Gasteiger partial charge on any atom is 0.222 e. The summed E-state index contributed by atoms with van der Waals surface area (Å²) in [6.07, 6.45) is 0. The predicted molar refractivity (Wildman–Crippen MR) is 82.7 cm³/mol. The van der Waals surface area contributed by atoms with E-state index in [0.717, 1.165) is 17.0 Å². The standard InChI is InChI=1S/C16H21ClN2O/c1-11-14(10-17)15(19(5)18-11)20-13-8-6-7-12(9-13)16(2,3)4/h6-9H,10H2,1-5H3. The van der Waals surface area contributed by atoms with E-state index in [1.807, 2.05) is 26.1 Å². The molecule has 0 saturated heterocycles. The summed E-state index contributed by atoms with van der Waals surface area (Å²) in [5.41, 5.74) is 3.18. The van der Waals surface area contributed by atoms with E-state index in [4.69, 9.17) is 16.3 Å². The van der Waals surface area contributed by atoms with E-state index in [-0.39, 0.29) is 5.41 Å². The highest BCUT2D eigenvalue weighted by Gasteiger charge is 2.17. The third-order valence-electron chi connectivity index (χ3n) is 3.34. The highest BCUT2D eigenvalue weighted by molar-refractivity contribution is 6.17. The molecular weight excluding hydrogens is 272 g/mol. The topological polar surface area (TPSA) is 27.1 Å². The molecular formula is C16H21ClN2O. The zero-order valence-corrected chi connectivity index (χ0v) is 13.5. The van der Waals surface area contributed by atoms with Gasteiger partial charge in [-0.3, -0.25) is 0 Å². The van der Waals surface area contributed by atoms with Gasteiger partial charge in [0.05, 0.1) is 17.1 Å². The molecule has 0 aliphatic carbocycles. The molecule has 0 atom stereocenters. The number of aromatic nitrogens is 2. The normalized spacial score (nSPS) is 11.7. The van der Waals surface area contributed by atoms with Gasteiger partial charge < -0.3 is 4.74 Å². The molecule has 108 valence electrons. The Labute approximate surface area is 125 Å². The molecule has 0 unspecified atom stereocenters. The second-order valence-corrected chi connectivity index (χ2v) is 6.27. The van der Waals surface area contributed by atoms with Gasteiger partial charge in [0.1, 0.15) is 5.75 Å². The Morgan fingerprint density at radius 1 is 1.30 bits per heavy atom. The van der Waals surface area contributed by atoms with Gasteiger partial charge in [0.25, 0.3) is 0 Å². The first-order valence-electron chi connectivity index (χ1n) is 6.69. The minimum Gasteiger partial charge on any atom is -0.439 e. The van der Waals surface area contributed by atoms with Gasteiger partial charge in [-0.05, 0) is 30.0 Å². The van der Waals surface area contributed by atoms with Crippen LogP contribution in [0.2, 0.25) is 0 Å². The summed E-state index contributed by atoms with van der Waals surface area (Å²) in [6, 6.07) is 8.15. The molecule has 1 aromatic heterocycles. The average Bonchev–Trinajstić information content (AvgIpc) is 2.63. The summed E-state index contributed by atoms with van der Waals surface area (Å²) >= 11 is 5.99. The van der Waals surface area contributed by atoms with Gasteiger partial charge in [0, 0.05) is 7.05 Å². The van der Waals surface area contributed by atoms with E-state index in [2.05, 4.69) is 38.0 Å². The van der Waals surface area contributed by atoms with Crippen molar-refractivity contribution in [3.8, 4) is 11.6 Å². The quantitative estimate of drug-likeness (QED) is 0.776. The first-order chi connectivity index (χ1) is 9.32. The molecule has 0 saturated carbocycles. The maximum atomic E-state index is 6.00. The van der Waals surface area contributed by atoms with Gasteiger partial charge in [-0.15, -0.1) is 11.6 Å². The molecule has 20 heavy (non-hydrogen) atoms. The Hall–Kier alpha value is -1.48. The molecule has 2 rings (SSSR count). The summed E-state index contributed by atoms with van der Waals surface area (Å²) in [4.78, 5) is 0. The van der Waals surface area contributed by atoms with Crippen molar-refractivity contribution in [2.45, 2.75) is 39.0 Å². The van der Waals surface area contributed by atoms with Crippen LogP contribution in [0.3, 0.4) is 0 Å². The highest BCUT2D eigenvalue weighted by Crippen LogP contribution is 2.31. The van der Waals surface area contributed by atoms with Crippen LogP contribution in [0.25, 0.3) is 0 Å². The second kappa shape index (κ2) is 5.49. The van der Waals surface area contributed by atoms with E-state index < -0.39 is 0 Å². The van der Waals surface area contributed by atoms with E-state index in [1.54, 1.807) is 4.68 Å². The molecule has 4 heteroatoms. The molecule has 0 aliphatic rings. The average molecular weight is 293 g/mol. The third kappa shape index (κ3) is 2.98. The van der Waals surface area contributed by atoms with E-state index in [0.29, 0.717) is 11.8 Å². The molecule has 1 heterocycles. The summed E-state index contributed by atoms with van der Waals surface area (Å²) in [5, 5.41) is 4.36. The smallest absolute Gasteiger partial charge is 0.222 e. The van der Waals surface area contributed by atoms with Crippen LogP contribution in [0, 0.1) is 6.92 Å². The van der Waals surface area contributed by atoms with Crippen LogP contribution in [0.1, 0.15) is 37.6 Å². The van der Waals surface area contributed by atoms with Gasteiger partial charge in [-0.2, -0.15) is 5.10 Å². The van der Waals surface area contributed by atoms with Crippen LogP contribution in [0.4, 0.5) is 0 Å². The predicted octanol–water partition coefficient (Wildman–Crippen LogP) is 4.56. The number of alkyl halides is 1. The second-order valence-electron chi connectivity index (χ2n) is 6.01. The fourth-order valence-electron chi connectivity index (χ4n) is 2.10. The number of benzene rings is 1. The van der Waals surface area contributed by atoms with Crippen molar-refractivity contribution in [2.75, 3.05) is 0 Å². The molecule has 0 spiro atoms.